The summed E-state index contributed by atoms with van der Waals surface area (Å²) in [6, 6.07) is 12.3. The van der Waals surface area contributed by atoms with Crippen LogP contribution in [0.2, 0.25) is 5.02 Å². The van der Waals surface area contributed by atoms with Gasteiger partial charge in [0.2, 0.25) is 10.0 Å². The second-order valence-electron chi connectivity index (χ2n) is 15.6. The number of carbonyl (C=O) groups is 1. The molecule has 2 aromatic carbocycles. The molecule has 1 N–H and O–H groups in total. The van der Waals surface area contributed by atoms with Crippen LogP contribution in [0.5, 0.6) is 5.75 Å². The standard InChI is InChI=1S/C39H54ClN3O6S/c1-25-7-6-9-35(39-48-23-33(24-49-39)42(3)32-14-15-32)34-16-11-29(34)21-43-18-5-4-8-27-19-31(40)13-10-30(27)22-47-37-17-12-28(20-36(37)43)38(44)41-50(45,46)26(25)2/h10,12-13,17,19-20,25-26,29,32-35,39H,4-9,11,14-16,18,21-24H2,1-3H3,(H,41,44)/t25-,26+,29-,33-,34+,35+,39+/m0/s1. The number of rotatable bonds is 3. The Kier molecular flexibility index (Phi) is 11.0. The van der Waals surface area contributed by atoms with Crippen molar-refractivity contribution < 1.29 is 27.4 Å². The molecule has 2 aromatic rings. The number of anilines is 1. The summed E-state index contributed by atoms with van der Waals surface area (Å²) in [4.78, 5) is 18.4. The Balaban J connectivity index is 1.20. The van der Waals surface area contributed by atoms with E-state index < -0.39 is 21.2 Å². The van der Waals surface area contributed by atoms with Crippen molar-refractivity contribution in [3.63, 3.8) is 0 Å². The van der Waals surface area contributed by atoms with Crippen molar-refractivity contribution in [3.05, 3.63) is 58.1 Å². The molecule has 0 spiro atoms. The monoisotopic (exact) mass is 727 g/mol. The second-order valence-corrected chi connectivity index (χ2v) is 18.1. The normalized spacial score (nSPS) is 32.4. The number of likely N-dealkylation sites (N-methyl/N-ethyl adjacent to an activating group) is 1. The van der Waals surface area contributed by atoms with Crippen molar-refractivity contribution in [2.75, 3.05) is 38.3 Å². The van der Waals surface area contributed by atoms with Crippen LogP contribution in [0.15, 0.2) is 36.4 Å². The van der Waals surface area contributed by atoms with Gasteiger partial charge in [0.25, 0.3) is 5.91 Å². The summed E-state index contributed by atoms with van der Waals surface area (Å²) in [7, 11) is -1.71. The van der Waals surface area contributed by atoms with Gasteiger partial charge in [0.05, 0.1) is 30.2 Å². The summed E-state index contributed by atoms with van der Waals surface area (Å²) >= 11 is 6.39. The van der Waals surface area contributed by atoms with E-state index >= 15 is 0 Å². The number of nitrogens with one attached hydrogen (secondary N) is 1. The number of fused-ring (bicyclic) bond motifs is 3. The van der Waals surface area contributed by atoms with Gasteiger partial charge in [0.15, 0.2) is 6.29 Å². The highest BCUT2D eigenvalue weighted by Crippen LogP contribution is 2.46. The van der Waals surface area contributed by atoms with Crippen molar-refractivity contribution in [3.8, 4) is 5.75 Å². The topological polar surface area (TPSA) is 97.4 Å². The molecule has 50 heavy (non-hydrogen) atoms. The Hall–Kier alpha value is -2.37. The van der Waals surface area contributed by atoms with Crippen molar-refractivity contribution in [1.29, 1.82) is 0 Å². The molecule has 5 aliphatic rings. The Labute approximate surface area is 303 Å². The number of sulfonamides is 1. The third kappa shape index (κ3) is 7.99. The van der Waals surface area contributed by atoms with Crippen LogP contribution in [0, 0.1) is 23.7 Å². The summed E-state index contributed by atoms with van der Waals surface area (Å²) < 4.78 is 49.1. The molecule has 274 valence electrons. The third-order valence-corrected chi connectivity index (χ3v) is 14.5. The average molecular weight is 728 g/mol. The molecule has 2 saturated carbocycles. The van der Waals surface area contributed by atoms with Gasteiger partial charge >= 0.3 is 0 Å². The summed E-state index contributed by atoms with van der Waals surface area (Å²) in [5, 5.41) is 0.00444. The van der Waals surface area contributed by atoms with Crippen molar-refractivity contribution in [2.24, 2.45) is 23.7 Å². The maximum atomic E-state index is 13.5. The number of carbonyl (C=O) groups excluding carboxylic acids is 1. The Morgan fingerprint density at radius 2 is 1.68 bits per heavy atom. The van der Waals surface area contributed by atoms with E-state index in [9.17, 15) is 13.2 Å². The molecule has 1 saturated heterocycles. The van der Waals surface area contributed by atoms with Crippen LogP contribution in [0.4, 0.5) is 5.69 Å². The van der Waals surface area contributed by atoms with Crippen LogP contribution < -0.4 is 14.4 Å². The lowest BCUT2D eigenvalue weighted by Crippen LogP contribution is -2.51. The van der Waals surface area contributed by atoms with E-state index in [0.717, 1.165) is 80.7 Å². The molecular weight excluding hydrogens is 674 g/mol. The van der Waals surface area contributed by atoms with E-state index in [1.165, 1.54) is 18.4 Å². The van der Waals surface area contributed by atoms with E-state index in [-0.39, 0.29) is 24.2 Å². The zero-order valence-electron chi connectivity index (χ0n) is 29.8. The number of ether oxygens (including phenoxy) is 3. The van der Waals surface area contributed by atoms with Gasteiger partial charge in [-0.15, -0.1) is 0 Å². The fraction of sp³-hybridized carbons (Fsp3) is 0.667. The molecule has 0 aromatic heterocycles. The summed E-state index contributed by atoms with van der Waals surface area (Å²) in [6.45, 7) is 7.06. The molecule has 3 heterocycles. The highest BCUT2D eigenvalue weighted by molar-refractivity contribution is 7.90. The minimum atomic E-state index is -3.90. The lowest BCUT2D eigenvalue weighted by Gasteiger charge is -2.48. The van der Waals surface area contributed by atoms with E-state index in [4.69, 9.17) is 25.8 Å². The van der Waals surface area contributed by atoms with Crippen LogP contribution in [0.3, 0.4) is 0 Å². The molecule has 3 fully saturated rings. The van der Waals surface area contributed by atoms with Crippen LogP contribution in [0.1, 0.15) is 93.1 Å². The smallest absolute Gasteiger partial charge is 0.264 e. The predicted octanol–water partition coefficient (Wildman–Crippen LogP) is 6.81. The number of halogens is 1. The van der Waals surface area contributed by atoms with Gasteiger partial charge in [-0.1, -0.05) is 31.0 Å². The van der Waals surface area contributed by atoms with Gasteiger partial charge < -0.3 is 19.1 Å². The number of hydrogen-bond acceptors (Lipinski definition) is 8. The SMILES string of the molecule is C[C@@H]1[C@@H](C)CCC[C@@H]([C@H]2OC[C@@H](N(C)C3CC3)CO2)[C@@H]2CC[C@H]2CN2CCCCc3cc(Cl)ccc3COc3ccc(cc32)C(=O)NS1(=O)=O. The maximum absolute atomic E-state index is 13.5. The highest BCUT2D eigenvalue weighted by Gasteiger charge is 2.44. The molecule has 2 aliphatic carbocycles. The summed E-state index contributed by atoms with van der Waals surface area (Å²) in [5.74, 6) is 1.07. The minimum Gasteiger partial charge on any atom is -0.487 e. The molecule has 9 nitrogen and oxygen atoms in total. The molecule has 11 heteroatoms. The molecule has 3 aliphatic heterocycles. The van der Waals surface area contributed by atoms with Crippen LogP contribution in [-0.2, 0) is 32.5 Å². The molecule has 7 rings (SSSR count). The molecule has 0 radical (unpaired) electrons. The second kappa shape index (κ2) is 15.3. The number of nitrogens with zero attached hydrogens (tertiary/aromatic N) is 2. The molecular formula is C39H54ClN3O6S. The third-order valence-electron chi connectivity index (χ3n) is 12.4. The maximum Gasteiger partial charge on any atom is 0.264 e. The van der Waals surface area contributed by atoms with Crippen molar-refractivity contribution in [1.82, 2.24) is 9.62 Å². The first-order chi connectivity index (χ1) is 24.1. The molecule has 2 bridgehead atoms. The van der Waals surface area contributed by atoms with Gasteiger partial charge in [-0.3, -0.25) is 9.69 Å². The Morgan fingerprint density at radius 1 is 0.880 bits per heavy atom. The number of aryl methyl sites for hydroxylation is 1. The van der Waals surface area contributed by atoms with Gasteiger partial charge in [0, 0.05) is 35.6 Å². The van der Waals surface area contributed by atoms with Crippen LogP contribution in [-0.4, -0.2) is 76.2 Å². The van der Waals surface area contributed by atoms with Crippen molar-refractivity contribution >= 4 is 33.2 Å². The Morgan fingerprint density at radius 3 is 2.42 bits per heavy atom. The van der Waals surface area contributed by atoms with Crippen LogP contribution >= 0.6 is 11.6 Å². The zero-order valence-corrected chi connectivity index (χ0v) is 31.4. The van der Waals surface area contributed by atoms with Crippen LogP contribution in [0.25, 0.3) is 0 Å². The zero-order chi connectivity index (χ0) is 35.0. The summed E-state index contributed by atoms with van der Waals surface area (Å²) in [5.41, 5.74) is 3.44. The lowest BCUT2D eigenvalue weighted by atomic mass is 9.65. The average Bonchev–Trinajstić information content (AvgIpc) is 3.94. The fourth-order valence-electron chi connectivity index (χ4n) is 8.57. The van der Waals surface area contributed by atoms with Gasteiger partial charge in [0.1, 0.15) is 12.4 Å². The van der Waals surface area contributed by atoms with E-state index in [1.54, 1.807) is 13.0 Å². The first-order valence-electron chi connectivity index (χ1n) is 18.9. The van der Waals surface area contributed by atoms with Gasteiger partial charge in [-0.05, 0) is 131 Å². The lowest BCUT2D eigenvalue weighted by molar-refractivity contribution is -0.242. The van der Waals surface area contributed by atoms with E-state index in [0.29, 0.717) is 49.0 Å². The quantitative estimate of drug-likeness (QED) is 0.369. The highest BCUT2D eigenvalue weighted by atomic mass is 35.5. The number of hydrogen-bond donors (Lipinski definition) is 1. The largest absolute Gasteiger partial charge is 0.487 e. The first kappa shape index (κ1) is 36.0. The van der Waals surface area contributed by atoms with E-state index in [2.05, 4.69) is 21.6 Å². The van der Waals surface area contributed by atoms with Gasteiger partial charge in [-0.2, -0.15) is 0 Å². The molecule has 5 atom stereocenters. The Bertz CT molecular complexity index is 1630. The first-order valence-corrected chi connectivity index (χ1v) is 20.8. The van der Waals surface area contributed by atoms with Gasteiger partial charge in [-0.25, -0.2) is 13.1 Å². The predicted molar refractivity (Wildman–Crippen MR) is 196 cm³/mol. The fourth-order valence-corrected chi connectivity index (χ4v) is 10.1. The number of benzene rings is 2. The van der Waals surface area contributed by atoms with E-state index in [1.807, 2.05) is 37.3 Å². The minimum absolute atomic E-state index is 0.120. The molecule has 0 unspecified atom stereocenters. The summed E-state index contributed by atoms with van der Waals surface area (Å²) in [6.07, 6.45) is 9.92. The molecule has 1 amide bonds. The number of amides is 1. The van der Waals surface area contributed by atoms with Crippen molar-refractivity contribution in [2.45, 2.75) is 108 Å².